The van der Waals surface area contributed by atoms with E-state index in [0.29, 0.717) is 22.9 Å². The molecule has 2 aromatic carbocycles. The standard InChI is InChI=1S/C18H20Cl2N2O4S2/c19-13-5-9-15(10-6-13)27(23,24)21-17-3-1-2-4-18(17)22-28(25,26)16-11-7-14(20)8-12-16/h5-12,17-18,21-22H,1-4H2. The van der Waals surface area contributed by atoms with Crippen molar-refractivity contribution in [2.24, 2.45) is 0 Å². The van der Waals surface area contributed by atoms with Crippen molar-refractivity contribution in [1.82, 2.24) is 9.44 Å². The van der Waals surface area contributed by atoms with Crippen molar-refractivity contribution in [3.8, 4) is 0 Å². The van der Waals surface area contributed by atoms with Gasteiger partial charge in [0.1, 0.15) is 0 Å². The summed E-state index contributed by atoms with van der Waals surface area (Å²) in [6.07, 6.45) is 2.71. The Balaban J connectivity index is 1.78. The molecule has 0 bridgehead atoms. The van der Waals surface area contributed by atoms with Gasteiger partial charge in [0.05, 0.1) is 9.79 Å². The number of nitrogens with one attached hydrogen (secondary N) is 2. The normalized spacial score (nSPS) is 20.8. The molecule has 1 saturated carbocycles. The topological polar surface area (TPSA) is 92.3 Å². The van der Waals surface area contributed by atoms with Crippen LogP contribution in [-0.4, -0.2) is 28.9 Å². The summed E-state index contributed by atoms with van der Waals surface area (Å²) < 4.78 is 56.0. The van der Waals surface area contributed by atoms with Crippen molar-refractivity contribution >= 4 is 43.2 Å². The number of benzene rings is 2. The van der Waals surface area contributed by atoms with Crippen molar-refractivity contribution in [3.05, 3.63) is 58.6 Å². The lowest BCUT2D eigenvalue weighted by molar-refractivity contribution is 0.340. The maximum atomic E-state index is 12.7. The summed E-state index contributed by atoms with van der Waals surface area (Å²) in [7, 11) is -7.59. The first kappa shape index (κ1) is 21.5. The Bertz CT molecular complexity index is 939. The molecule has 10 heteroatoms. The Morgan fingerprint density at radius 2 is 0.964 bits per heavy atom. The second-order valence-electron chi connectivity index (χ2n) is 6.65. The van der Waals surface area contributed by atoms with E-state index >= 15 is 0 Å². The summed E-state index contributed by atoms with van der Waals surface area (Å²) in [6.45, 7) is 0. The van der Waals surface area contributed by atoms with Gasteiger partial charge in [-0.05, 0) is 61.4 Å². The molecule has 0 aliphatic heterocycles. The third-order valence-electron chi connectivity index (χ3n) is 4.63. The molecule has 2 atom stereocenters. The molecule has 6 nitrogen and oxygen atoms in total. The first-order valence-corrected chi connectivity index (χ1v) is 12.5. The van der Waals surface area contributed by atoms with E-state index in [2.05, 4.69) is 9.44 Å². The summed E-state index contributed by atoms with van der Waals surface area (Å²) in [5.74, 6) is 0. The maximum absolute atomic E-state index is 12.7. The van der Waals surface area contributed by atoms with Crippen molar-refractivity contribution < 1.29 is 16.8 Å². The van der Waals surface area contributed by atoms with Crippen molar-refractivity contribution in [2.45, 2.75) is 47.6 Å². The average Bonchev–Trinajstić information content (AvgIpc) is 2.64. The van der Waals surface area contributed by atoms with Gasteiger partial charge in [-0.1, -0.05) is 36.0 Å². The molecule has 0 aromatic heterocycles. The summed E-state index contributed by atoms with van der Waals surface area (Å²) in [5, 5.41) is 0.871. The number of hydrogen-bond acceptors (Lipinski definition) is 4. The molecule has 0 saturated heterocycles. The Morgan fingerprint density at radius 1 is 0.643 bits per heavy atom. The van der Waals surface area contributed by atoms with Gasteiger partial charge < -0.3 is 0 Å². The largest absolute Gasteiger partial charge is 0.240 e. The van der Waals surface area contributed by atoms with Crippen molar-refractivity contribution in [2.75, 3.05) is 0 Å². The highest BCUT2D eigenvalue weighted by Crippen LogP contribution is 2.24. The monoisotopic (exact) mass is 462 g/mol. The van der Waals surface area contributed by atoms with Crippen LogP contribution in [0.5, 0.6) is 0 Å². The lowest BCUT2D eigenvalue weighted by Crippen LogP contribution is -2.52. The third kappa shape index (κ3) is 5.25. The molecule has 2 unspecified atom stereocenters. The molecule has 1 aliphatic rings. The molecule has 1 fully saturated rings. The summed E-state index contributed by atoms with van der Waals surface area (Å²) in [6, 6.07) is 10.6. The molecule has 0 amide bonds. The number of hydrogen-bond donors (Lipinski definition) is 2. The second-order valence-corrected chi connectivity index (χ2v) is 10.9. The van der Waals surface area contributed by atoms with Crippen LogP contribution in [0.4, 0.5) is 0 Å². The van der Waals surface area contributed by atoms with Crippen LogP contribution in [0.15, 0.2) is 58.3 Å². The van der Waals surface area contributed by atoms with E-state index in [1.165, 1.54) is 48.5 Å². The molecule has 3 rings (SSSR count). The number of halogens is 2. The summed E-state index contributed by atoms with van der Waals surface area (Å²) in [5.41, 5.74) is 0. The van der Waals surface area contributed by atoms with Crippen LogP contribution in [0, 0.1) is 0 Å². The quantitative estimate of drug-likeness (QED) is 0.685. The highest BCUT2D eigenvalue weighted by molar-refractivity contribution is 7.90. The minimum absolute atomic E-state index is 0.0850. The molecule has 2 N–H and O–H groups in total. The van der Waals surface area contributed by atoms with Crippen molar-refractivity contribution in [1.29, 1.82) is 0 Å². The van der Waals surface area contributed by atoms with Gasteiger partial charge in [-0.25, -0.2) is 26.3 Å². The molecule has 0 heterocycles. The van der Waals surface area contributed by atoms with E-state index in [4.69, 9.17) is 23.2 Å². The Kier molecular flexibility index (Phi) is 6.69. The van der Waals surface area contributed by atoms with Gasteiger partial charge in [-0.3, -0.25) is 0 Å². The highest BCUT2D eigenvalue weighted by atomic mass is 35.5. The second kappa shape index (κ2) is 8.69. The first-order valence-electron chi connectivity index (χ1n) is 8.73. The van der Waals surface area contributed by atoms with Crippen LogP contribution in [0.2, 0.25) is 10.0 Å². The average molecular weight is 463 g/mol. The zero-order chi connectivity index (χ0) is 20.4. The molecular formula is C18H20Cl2N2O4S2. The SMILES string of the molecule is O=S(=O)(NC1CCCCC1NS(=O)(=O)c1ccc(Cl)cc1)c1ccc(Cl)cc1. The lowest BCUT2D eigenvalue weighted by atomic mass is 9.92. The summed E-state index contributed by atoms with van der Waals surface area (Å²) in [4.78, 5) is 0.170. The minimum Gasteiger partial charge on any atom is -0.207 e. The van der Waals surface area contributed by atoms with Crippen molar-refractivity contribution in [3.63, 3.8) is 0 Å². The number of rotatable bonds is 6. The van der Waals surface area contributed by atoms with Gasteiger partial charge in [-0.15, -0.1) is 0 Å². The molecular weight excluding hydrogens is 443 g/mol. The van der Waals surface area contributed by atoms with Crippen LogP contribution in [0.25, 0.3) is 0 Å². The maximum Gasteiger partial charge on any atom is 0.240 e. The molecule has 0 spiro atoms. The van der Waals surface area contributed by atoms with Crippen LogP contribution in [-0.2, 0) is 20.0 Å². The minimum atomic E-state index is -3.80. The Morgan fingerprint density at radius 3 is 1.29 bits per heavy atom. The van der Waals surface area contributed by atoms with E-state index in [1.807, 2.05) is 0 Å². The smallest absolute Gasteiger partial charge is 0.207 e. The fourth-order valence-corrected chi connectivity index (χ4v) is 6.05. The Labute approximate surface area is 175 Å². The third-order valence-corrected chi connectivity index (χ3v) is 8.14. The Hall–Kier alpha value is -1.16. The predicted octanol–water partition coefficient (Wildman–Crippen LogP) is 3.56. The highest BCUT2D eigenvalue weighted by Gasteiger charge is 2.32. The van der Waals surface area contributed by atoms with E-state index in [0.717, 1.165) is 12.8 Å². The fourth-order valence-electron chi connectivity index (χ4n) is 3.18. The summed E-state index contributed by atoms with van der Waals surface area (Å²) >= 11 is 11.6. The predicted molar refractivity (Wildman–Crippen MR) is 110 cm³/mol. The van der Waals surface area contributed by atoms with Crippen LogP contribution >= 0.6 is 23.2 Å². The first-order chi connectivity index (χ1) is 13.2. The van der Waals surface area contributed by atoms with Gasteiger partial charge >= 0.3 is 0 Å². The van der Waals surface area contributed by atoms with Crippen LogP contribution in [0.3, 0.4) is 0 Å². The zero-order valence-corrected chi connectivity index (χ0v) is 18.0. The molecule has 152 valence electrons. The van der Waals surface area contributed by atoms with E-state index in [1.54, 1.807) is 0 Å². The van der Waals surface area contributed by atoms with Crippen LogP contribution in [0.1, 0.15) is 25.7 Å². The van der Waals surface area contributed by atoms with E-state index in [-0.39, 0.29) is 9.79 Å². The molecule has 2 aromatic rings. The van der Waals surface area contributed by atoms with Crippen LogP contribution < -0.4 is 9.44 Å². The van der Waals surface area contributed by atoms with E-state index < -0.39 is 32.1 Å². The van der Waals surface area contributed by atoms with Gasteiger partial charge in [0.25, 0.3) is 0 Å². The zero-order valence-electron chi connectivity index (χ0n) is 14.8. The number of sulfonamides is 2. The fraction of sp³-hybridized carbons (Fsp3) is 0.333. The van der Waals surface area contributed by atoms with Gasteiger partial charge in [-0.2, -0.15) is 0 Å². The van der Waals surface area contributed by atoms with Gasteiger partial charge in [0.2, 0.25) is 20.0 Å². The molecule has 28 heavy (non-hydrogen) atoms. The van der Waals surface area contributed by atoms with Gasteiger partial charge in [0.15, 0.2) is 0 Å². The lowest BCUT2D eigenvalue weighted by Gasteiger charge is -2.32. The van der Waals surface area contributed by atoms with Gasteiger partial charge in [0, 0.05) is 22.1 Å². The molecule has 1 aliphatic carbocycles. The molecule has 0 radical (unpaired) electrons. The van der Waals surface area contributed by atoms with E-state index in [9.17, 15) is 16.8 Å².